The zero-order valence-electron chi connectivity index (χ0n) is 7.41. The Labute approximate surface area is 98.6 Å². The molecule has 4 heteroatoms. The third kappa shape index (κ3) is 1.74. The molecular weight excluding hydrogens is 280 g/mol. The van der Waals surface area contributed by atoms with Crippen molar-refractivity contribution >= 4 is 55.4 Å². The number of thiophene rings is 1. The van der Waals surface area contributed by atoms with Gasteiger partial charge in [-0.2, -0.15) is 0 Å². The number of aldehydes is 1. The Morgan fingerprint density at radius 3 is 2.86 bits per heavy atom. The van der Waals surface area contributed by atoms with Crippen molar-refractivity contribution in [3.05, 3.63) is 28.2 Å². The average Bonchev–Trinajstić information content (AvgIpc) is 2.58. The van der Waals surface area contributed by atoms with E-state index in [2.05, 4.69) is 28.3 Å². The Hall–Kier alpha value is -0.320. The van der Waals surface area contributed by atoms with Gasteiger partial charge in [-0.1, -0.05) is 15.9 Å². The Balaban J connectivity index is 2.69. The van der Waals surface area contributed by atoms with Crippen molar-refractivity contribution in [1.29, 1.82) is 0 Å². The maximum atomic E-state index is 10.7. The second-order valence-corrected chi connectivity index (χ2v) is 5.84. The lowest BCUT2D eigenvalue weighted by atomic mass is 10.2. The van der Waals surface area contributed by atoms with Crippen LogP contribution in [0.4, 0.5) is 0 Å². The largest absolute Gasteiger partial charge is 0.298 e. The van der Waals surface area contributed by atoms with E-state index in [0.29, 0.717) is 5.56 Å². The lowest BCUT2D eigenvalue weighted by molar-refractivity contribution is 0.112. The molecule has 2 aromatic rings. The zero-order chi connectivity index (χ0) is 10.1. The highest BCUT2D eigenvalue weighted by atomic mass is 79.9. The molecule has 0 N–H and O–H groups in total. The summed E-state index contributed by atoms with van der Waals surface area (Å²) in [5, 5.41) is 1.14. The predicted molar refractivity (Wildman–Crippen MR) is 66.7 cm³/mol. The molecule has 72 valence electrons. The van der Waals surface area contributed by atoms with E-state index in [-0.39, 0.29) is 0 Å². The number of fused-ring (bicyclic) bond motifs is 1. The minimum atomic E-state index is 0.711. The number of hydrogen-bond donors (Lipinski definition) is 0. The monoisotopic (exact) mass is 286 g/mol. The summed E-state index contributed by atoms with van der Waals surface area (Å²) in [5.74, 6) is 0. The fraction of sp³-hybridized carbons (Fsp3) is 0.100. The Morgan fingerprint density at radius 2 is 2.21 bits per heavy atom. The van der Waals surface area contributed by atoms with Gasteiger partial charge < -0.3 is 0 Å². The van der Waals surface area contributed by atoms with Crippen LogP contribution in [0.2, 0.25) is 0 Å². The molecule has 0 bridgehead atoms. The first-order valence-corrected chi connectivity index (χ1v) is 6.80. The highest BCUT2D eigenvalue weighted by Crippen LogP contribution is 2.34. The first kappa shape index (κ1) is 10.2. The SMILES string of the molecule is CSc1cc2cc(C=O)c(Br)cc2s1. The molecule has 0 aliphatic rings. The van der Waals surface area contributed by atoms with Gasteiger partial charge in [-0.3, -0.25) is 4.79 Å². The molecule has 1 heterocycles. The Morgan fingerprint density at radius 1 is 1.43 bits per heavy atom. The number of hydrogen-bond acceptors (Lipinski definition) is 3. The summed E-state index contributed by atoms with van der Waals surface area (Å²) in [7, 11) is 0. The maximum Gasteiger partial charge on any atom is 0.151 e. The molecular formula is C10H7BrOS2. The molecule has 1 aromatic carbocycles. The minimum Gasteiger partial charge on any atom is -0.298 e. The lowest BCUT2D eigenvalue weighted by Crippen LogP contribution is -1.80. The molecule has 2 rings (SSSR count). The minimum absolute atomic E-state index is 0.711. The zero-order valence-corrected chi connectivity index (χ0v) is 10.6. The van der Waals surface area contributed by atoms with E-state index in [1.165, 1.54) is 8.91 Å². The van der Waals surface area contributed by atoms with E-state index < -0.39 is 0 Å². The summed E-state index contributed by atoms with van der Waals surface area (Å²) >= 11 is 6.85. The van der Waals surface area contributed by atoms with Crippen LogP contribution in [0, 0.1) is 0 Å². The molecule has 0 saturated carbocycles. The second-order valence-electron chi connectivity index (χ2n) is 2.80. The average molecular weight is 287 g/mol. The van der Waals surface area contributed by atoms with Crippen molar-refractivity contribution < 1.29 is 4.79 Å². The fourth-order valence-corrected chi connectivity index (χ4v) is 3.50. The topological polar surface area (TPSA) is 17.1 Å². The number of carbonyl (C=O) groups excluding carboxylic acids is 1. The van der Waals surface area contributed by atoms with Crippen LogP contribution in [-0.4, -0.2) is 12.5 Å². The van der Waals surface area contributed by atoms with Gasteiger partial charge in [0.05, 0.1) is 4.21 Å². The quantitative estimate of drug-likeness (QED) is 0.608. The number of benzene rings is 1. The second kappa shape index (κ2) is 4.04. The van der Waals surface area contributed by atoms with Gasteiger partial charge in [0.25, 0.3) is 0 Å². The summed E-state index contributed by atoms with van der Waals surface area (Å²) in [5.41, 5.74) is 0.711. The molecule has 0 saturated heterocycles. The highest BCUT2D eigenvalue weighted by Gasteiger charge is 2.05. The maximum absolute atomic E-state index is 10.7. The van der Waals surface area contributed by atoms with Gasteiger partial charge in [0, 0.05) is 14.7 Å². The lowest BCUT2D eigenvalue weighted by Gasteiger charge is -1.95. The van der Waals surface area contributed by atoms with Gasteiger partial charge in [0.2, 0.25) is 0 Å². The normalized spacial score (nSPS) is 10.7. The van der Waals surface area contributed by atoms with E-state index >= 15 is 0 Å². The smallest absolute Gasteiger partial charge is 0.151 e. The van der Waals surface area contributed by atoms with Crippen molar-refractivity contribution in [3.8, 4) is 0 Å². The molecule has 1 aromatic heterocycles. The summed E-state index contributed by atoms with van der Waals surface area (Å²) in [6.07, 6.45) is 2.93. The molecule has 0 unspecified atom stereocenters. The first-order chi connectivity index (χ1) is 6.74. The molecule has 1 nitrogen and oxygen atoms in total. The highest BCUT2D eigenvalue weighted by molar-refractivity contribution is 9.10. The number of rotatable bonds is 2. The molecule has 0 radical (unpaired) electrons. The Bertz CT molecular complexity index is 490. The van der Waals surface area contributed by atoms with E-state index in [4.69, 9.17) is 0 Å². The van der Waals surface area contributed by atoms with Crippen molar-refractivity contribution in [2.75, 3.05) is 6.26 Å². The van der Waals surface area contributed by atoms with Gasteiger partial charge >= 0.3 is 0 Å². The predicted octanol–water partition coefficient (Wildman–Crippen LogP) is 4.20. The van der Waals surface area contributed by atoms with Crippen molar-refractivity contribution in [1.82, 2.24) is 0 Å². The van der Waals surface area contributed by atoms with Crippen molar-refractivity contribution in [2.24, 2.45) is 0 Å². The van der Waals surface area contributed by atoms with Gasteiger partial charge in [-0.15, -0.1) is 23.1 Å². The molecule has 0 fully saturated rings. The van der Waals surface area contributed by atoms with Crippen LogP contribution in [0.25, 0.3) is 10.1 Å². The van der Waals surface area contributed by atoms with Crippen LogP contribution >= 0.6 is 39.0 Å². The van der Waals surface area contributed by atoms with Crippen LogP contribution in [-0.2, 0) is 0 Å². The van der Waals surface area contributed by atoms with Crippen LogP contribution in [0.5, 0.6) is 0 Å². The van der Waals surface area contributed by atoms with E-state index in [0.717, 1.165) is 16.1 Å². The van der Waals surface area contributed by atoms with Crippen LogP contribution in [0.3, 0.4) is 0 Å². The summed E-state index contributed by atoms with van der Waals surface area (Å²) in [6.45, 7) is 0. The Kier molecular flexibility index (Phi) is 2.95. The van der Waals surface area contributed by atoms with E-state index in [1.54, 1.807) is 23.1 Å². The molecule has 0 aliphatic heterocycles. The first-order valence-electron chi connectivity index (χ1n) is 3.97. The third-order valence-electron chi connectivity index (χ3n) is 1.94. The standard InChI is InChI=1S/C10H7BrOS2/c1-13-10-3-6-2-7(5-12)8(11)4-9(6)14-10/h2-5H,1H3. The molecule has 14 heavy (non-hydrogen) atoms. The van der Waals surface area contributed by atoms with E-state index in [9.17, 15) is 4.79 Å². The summed E-state index contributed by atoms with van der Waals surface area (Å²) < 4.78 is 3.36. The molecule has 0 spiro atoms. The van der Waals surface area contributed by atoms with Crippen molar-refractivity contribution in [3.63, 3.8) is 0 Å². The van der Waals surface area contributed by atoms with Gasteiger partial charge in [-0.25, -0.2) is 0 Å². The number of carbonyl (C=O) groups is 1. The molecule has 0 aliphatic carbocycles. The van der Waals surface area contributed by atoms with Gasteiger partial charge in [-0.05, 0) is 29.8 Å². The third-order valence-corrected chi connectivity index (χ3v) is 4.79. The van der Waals surface area contributed by atoms with Gasteiger partial charge in [0.15, 0.2) is 6.29 Å². The van der Waals surface area contributed by atoms with Crippen molar-refractivity contribution in [2.45, 2.75) is 4.21 Å². The van der Waals surface area contributed by atoms with E-state index in [1.807, 2.05) is 12.1 Å². The fourth-order valence-electron chi connectivity index (χ4n) is 1.25. The van der Waals surface area contributed by atoms with Crippen LogP contribution in [0.1, 0.15) is 10.4 Å². The molecule has 0 amide bonds. The van der Waals surface area contributed by atoms with Crippen LogP contribution < -0.4 is 0 Å². The van der Waals surface area contributed by atoms with Gasteiger partial charge in [0.1, 0.15) is 0 Å². The summed E-state index contributed by atoms with van der Waals surface area (Å²) in [6, 6.07) is 6.04. The number of thioether (sulfide) groups is 1. The van der Waals surface area contributed by atoms with Crippen LogP contribution in [0.15, 0.2) is 26.9 Å². The number of halogens is 1. The summed E-state index contributed by atoms with van der Waals surface area (Å²) in [4.78, 5) is 10.7. The molecule has 0 atom stereocenters.